The van der Waals surface area contributed by atoms with E-state index in [1.807, 2.05) is 0 Å². The standard InChI is InChI=1S/C6H12I.Na/c1-2-3-4-5-6-7;/h6H,2-5H2,1H3;. The average Bonchev–Trinajstić information content (AvgIpc) is 1.66. The van der Waals surface area contributed by atoms with Gasteiger partial charge in [0.15, 0.2) is 0 Å². The molecule has 0 radical (unpaired) electrons. The zero-order valence-electron chi connectivity index (χ0n) is 5.78. The predicted octanol–water partition coefficient (Wildman–Crippen LogP) is 2.50. The Balaban J connectivity index is 2.72. The average molecular weight is 234 g/mol. The van der Waals surface area contributed by atoms with Gasteiger partial charge in [-0.25, -0.2) is 0 Å². The van der Waals surface area contributed by atoms with Gasteiger partial charge in [-0.2, -0.15) is 0 Å². The fourth-order valence-corrected chi connectivity index (χ4v) is 1.52. The van der Waals surface area contributed by atoms with Crippen LogP contribution in [0, 0.1) is 0 Å². The zero-order valence-corrected chi connectivity index (χ0v) is 9.94. The predicted molar refractivity (Wildman–Crippen MR) is 47.7 cm³/mol. The summed E-state index contributed by atoms with van der Waals surface area (Å²) in [6.45, 7) is 2.26. The normalized spacial score (nSPS) is 14.0. The summed E-state index contributed by atoms with van der Waals surface area (Å²) >= 11 is 3.92. The Morgan fingerprint density at radius 1 is 1.50 bits per heavy atom. The molecule has 0 amide bonds. The molecule has 0 nitrogen and oxygen atoms in total. The molecule has 0 saturated carbocycles. The van der Waals surface area contributed by atoms with Crippen molar-refractivity contribution in [1.82, 2.24) is 0 Å². The first-order valence-corrected chi connectivity index (χ1v) is 5.81. The van der Waals surface area contributed by atoms with Gasteiger partial charge in [0.2, 0.25) is 0 Å². The van der Waals surface area contributed by atoms with Crippen molar-refractivity contribution in [2.75, 3.05) is 0 Å². The number of halogens is 1. The van der Waals surface area contributed by atoms with Crippen molar-refractivity contribution in [1.29, 1.82) is 0 Å². The molecule has 0 aromatic rings. The van der Waals surface area contributed by atoms with Gasteiger partial charge in [0, 0.05) is 0 Å². The van der Waals surface area contributed by atoms with Crippen LogP contribution >= 0.6 is 22.6 Å². The van der Waals surface area contributed by atoms with Crippen LogP contribution in [0.3, 0.4) is 0 Å². The van der Waals surface area contributed by atoms with Gasteiger partial charge in [-0.1, -0.05) is 0 Å². The van der Waals surface area contributed by atoms with Crippen LogP contribution in [0.2, 0.25) is 0 Å². The molecule has 0 aromatic carbocycles. The summed E-state index contributed by atoms with van der Waals surface area (Å²) < 4.78 is 1.01. The molecule has 0 aliphatic carbocycles. The Kier molecular flexibility index (Phi) is 8.32. The van der Waals surface area contributed by atoms with Gasteiger partial charge in [-0.05, 0) is 0 Å². The van der Waals surface area contributed by atoms with Gasteiger partial charge < -0.3 is 0 Å². The van der Waals surface area contributed by atoms with E-state index in [1.165, 1.54) is 53.6 Å². The van der Waals surface area contributed by atoms with Gasteiger partial charge in [0.25, 0.3) is 0 Å². The fourth-order valence-electron chi connectivity index (χ4n) is 0.676. The van der Waals surface area contributed by atoms with E-state index in [0.29, 0.717) is 0 Å². The van der Waals surface area contributed by atoms with E-state index in [2.05, 4.69) is 29.5 Å². The van der Waals surface area contributed by atoms with E-state index >= 15 is 0 Å². The molecule has 0 aliphatic rings. The van der Waals surface area contributed by atoms with E-state index in [0.717, 1.165) is 1.17 Å². The van der Waals surface area contributed by atoms with Gasteiger partial charge in [-0.15, -0.1) is 0 Å². The molecular weight excluding hydrogens is 222 g/mol. The number of hydrogen-bond donors (Lipinski definition) is 0. The minimum atomic E-state index is 1.01. The molecule has 44 valence electrons. The van der Waals surface area contributed by atoms with E-state index in [1.54, 1.807) is 0 Å². The van der Waals surface area contributed by atoms with Crippen LogP contribution in [0.4, 0.5) is 0 Å². The first kappa shape index (κ1) is 9.73. The van der Waals surface area contributed by atoms with Crippen LogP contribution in [-0.2, 0) is 0 Å². The molecule has 0 rings (SSSR count). The van der Waals surface area contributed by atoms with Crippen molar-refractivity contribution in [2.24, 2.45) is 0 Å². The van der Waals surface area contributed by atoms with Crippen molar-refractivity contribution in [2.45, 2.75) is 33.8 Å². The second-order valence-electron chi connectivity index (χ2n) is 2.28. The maximum absolute atomic E-state index is 2.54. The minimum absolute atomic E-state index is 1.01. The number of rotatable bonds is 4. The molecule has 0 N–H and O–H groups in total. The topological polar surface area (TPSA) is 0 Å². The van der Waals surface area contributed by atoms with Gasteiger partial charge in [0.05, 0.1) is 0 Å². The molecule has 0 saturated heterocycles. The Bertz CT molecular complexity index is 45.8. The van der Waals surface area contributed by atoms with Crippen molar-refractivity contribution in [3.8, 4) is 0 Å². The van der Waals surface area contributed by atoms with Crippen LogP contribution in [0.1, 0.15) is 32.6 Å². The van der Waals surface area contributed by atoms with E-state index in [4.69, 9.17) is 0 Å². The Hall–Kier alpha value is 1.73. The monoisotopic (exact) mass is 234 g/mol. The van der Waals surface area contributed by atoms with Crippen molar-refractivity contribution < 1.29 is 0 Å². The third kappa shape index (κ3) is 7.73. The van der Waals surface area contributed by atoms with Gasteiger partial charge >= 0.3 is 84.3 Å². The second-order valence-corrected chi connectivity index (χ2v) is 8.15. The third-order valence-electron chi connectivity index (χ3n) is 1.21. The Morgan fingerprint density at radius 2 is 2.12 bits per heavy atom. The molecule has 0 aromatic heterocycles. The quantitative estimate of drug-likeness (QED) is 0.303. The second kappa shape index (κ2) is 6.84. The number of unbranched alkanes of at least 4 members (excludes halogenated alkanes) is 2. The molecule has 0 spiro atoms. The molecule has 0 heterocycles. The summed E-state index contributed by atoms with van der Waals surface area (Å²) in [4.78, 5) is 0. The zero-order chi connectivity index (χ0) is 6.41. The Labute approximate surface area is 83.4 Å². The molecule has 0 bridgehead atoms. The summed E-state index contributed by atoms with van der Waals surface area (Å²) in [6.07, 6.45) is 5.71. The molecular formula is C6H12INa. The number of hydrogen-bond acceptors (Lipinski definition) is 0. The van der Waals surface area contributed by atoms with Crippen molar-refractivity contribution in [3.05, 3.63) is 0 Å². The van der Waals surface area contributed by atoms with Crippen LogP contribution in [-0.4, -0.2) is 29.1 Å². The van der Waals surface area contributed by atoms with Crippen LogP contribution in [0.5, 0.6) is 0 Å². The molecule has 2 heteroatoms. The van der Waals surface area contributed by atoms with Crippen LogP contribution < -0.4 is 0 Å². The molecule has 0 fully saturated rings. The molecule has 0 aliphatic heterocycles. The first-order valence-electron chi connectivity index (χ1n) is 3.41. The summed E-state index contributed by atoms with van der Waals surface area (Å²) in [5.41, 5.74) is 0. The summed E-state index contributed by atoms with van der Waals surface area (Å²) in [5.74, 6) is 0. The van der Waals surface area contributed by atoms with E-state index < -0.39 is 0 Å². The molecule has 1 atom stereocenters. The van der Waals surface area contributed by atoms with Gasteiger partial charge in [0.1, 0.15) is 0 Å². The van der Waals surface area contributed by atoms with E-state index in [9.17, 15) is 0 Å². The fraction of sp³-hybridized carbons (Fsp3) is 1.00. The SMILES string of the molecule is CCCCC[CH]([Na])I. The van der Waals surface area contributed by atoms with Crippen molar-refractivity contribution in [3.63, 3.8) is 0 Å². The first-order chi connectivity index (χ1) is 3.77. The van der Waals surface area contributed by atoms with Crippen LogP contribution in [0.25, 0.3) is 0 Å². The van der Waals surface area contributed by atoms with Crippen molar-refractivity contribution >= 4 is 50.5 Å². The molecule has 1 unspecified atom stereocenters. The summed E-state index contributed by atoms with van der Waals surface area (Å²) in [6, 6.07) is 0. The third-order valence-corrected chi connectivity index (χ3v) is 2.41. The number of alkyl halides is 1. The molecule has 8 heavy (non-hydrogen) atoms. The Morgan fingerprint density at radius 3 is 2.50 bits per heavy atom. The van der Waals surface area contributed by atoms with Crippen LogP contribution in [0.15, 0.2) is 0 Å². The van der Waals surface area contributed by atoms with Gasteiger partial charge in [-0.3, -0.25) is 0 Å². The maximum atomic E-state index is 2.54. The van der Waals surface area contributed by atoms with E-state index in [-0.39, 0.29) is 0 Å². The summed E-state index contributed by atoms with van der Waals surface area (Å²) in [7, 11) is 0. The summed E-state index contributed by atoms with van der Waals surface area (Å²) in [5, 5.41) is 0.